The zero-order chi connectivity index (χ0) is 15.6. The van der Waals surface area contributed by atoms with Crippen molar-refractivity contribution in [3.8, 4) is 5.75 Å². The van der Waals surface area contributed by atoms with Crippen molar-refractivity contribution in [2.24, 2.45) is 0 Å². The molecule has 4 heteroatoms. The van der Waals surface area contributed by atoms with Crippen LogP contribution in [0.4, 0.5) is 5.69 Å². The number of hydrogen-bond acceptors (Lipinski definition) is 3. The lowest BCUT2D eigenvalue weighted by Gasteiger charge is -2.21. The zero-order valence-electron chi connectivity index (χ0n) is 12.4. The Hall–Kier alpha value is -2.00. The largest absolute Gasteiger partial charge is 0.507 e. The first kappa shape index (κ1) is 15.4. The van der Waals surface area contributed by atoms with Crippen molar-refractivity contribution < 1.29 is 9.90 Å². The molecule has 2 aromatic rings. The number of rotatable bonds is 4. The van der Waals surface area contributed by atoms with Crippen molar-refractivity contribution in [2.45, 2.75) is 20.4 Å². The maximum atomic E-state index is 11.5. The van der Waals surface area contributed by atoms with Crippen LogP contribution in [-0.2, 0) is 6.54 Å². The highest BCUT2D eigenvalue weighted by atomic mass is 35.5. The fraction of sp³-hybridized carbons (Fsp3) is 0.235. The van der Waals surface area contributed by atoms with Crippen LogP contribution in [0.3, 0.4) is 0 Å². The highest BCUT2D eigenvalue weighted by Gasteiger charge is 2.14. The van der Waals surface area contributed by atoms with Gasteiger partial charge in [0.2, 0.25) is 0 Å². The monoisotopic (exact) mass is 303 g/mol. The molecule has 3 nitrogen and oxygen atoms in total. The van der Waals surface area contributed by atoms with Crippen LogP contribution in [0.2, 0.25) is 5.02 Å². The molecule has 0 aromatic heterocycles. The van der Waals surface area contributed by atoms with Gasteiger partial charge in [-0.3, -0.25) is 4.79 Å². The van der Waals surface area contributed by atoms with E-state index in [4.69, 9.17) is 11.6 Å². The molecule has 110 valence electrons. The van der Waals surface area contributed by atoms with Crippen molar-refractivity contribution in [1.82, 2.24) is 0 Å². The molecule has 21 heavy (non-hydrogen) atoms. The van der Waals surface area contributed by atoms with Gasteiger partial charge in [-0.15, -0.1) is 0 Å². The van der Waals surface area contributed by atoms with Gasteiger partial charge in [-0.1, -0.05) is 23.7 Å². The first-order chi connectivity index (χ1) is 9.88. The molecule has 0 radical (unpaired) electrons. The topological polar surface area (TPSA) is 40.5 Å². The molecule has 2 rings (SSSR count). The predicted octanol–water partition coefficient (Wildman–Crippen LogP) is 4.19. The van der Waals surface area contributed by atoms with E-state index in [9.17, 15) is 9.90 Å². The number of halogens is 1. The quantitative estimate of drug-likeness (QED) is 0.861. The summed E-state index contributed by atoms with van der Waals surface area (Å²) in [6, 6.07) is 11.3. The average molecular weight is 304 g/mol. The molecule has 0 heterocycles. The van der Waals surface area contributed by atoms with Crippen LogP contribution in [0.25, 0.3) is 0 Å². The van der Waals surface area contributed by atoms with Gasteiger partial charge in [0.25, 0.3) is 0 Å². The molecule has 0 aliphatic rings. The SMILES string of the molecule is CC(=O)c1cc(Cl)cc(CN(C)c2cccc(C)c2)c1O. The minimum absolute atomic E-state index is 0.00593. The number of hydrogen-bond donors (Lipinski definition) is 1. The number of aryl methyl sites for hydroxylation is 1. The zero-order valence-corrected chi connectivity index (χ0v) is 13.1. The van der Waals surface area contributed by atoms with Crippen LogP contribution in [0.1, 0.15) is 28.4 Å². The minimum Gasteiger partial charge on any atom is -0.507 e. The van der Waals surface area contributed by atoms with E-state index in [1.165, 1.54) is 18.6 Å². The summed E-state index contributed by atoms with van der Waals surface area (Å²) in [6.07, 6.45) is 0. The van der Waals surface area contributed by atoms with Gasteiger partial charge < -0.3 is 10.0 Å². The summed E-state index contributed by atoms with van der Waals surface area (Å²) in [5.74, 6) is -0.194. The second kappa shape index (κ2) is 6.19. The third-order valence-electron chi connectivity index (χ3n) is 3.38. The lowest BCUT2D eigenvalue weighted by Crippen LogP contribution is -2.17. The molecule has 0 aliphatic carbocycles. The molecular weight excluding hydrogens is 286 g/mol. The van der Waals surface area contributed by atoms with Crippen LogP contribution in [-0.4, -0.2) is 17.9 Å². The van der Waals surface area contributed by atoms with Gasteiger partial charge in [0, 0.05) is 29.9 Å². The van der Waals surface area contributed by atoms with E-state index in [-0.39, 0.29) is 17.1 Å². The molecule has 0 atom stereocenters. The van der Waals surface area contributed by atoms with Crippen molar-refractivity contribution in [3.05, 3.63) is 58.1 Å². The minimum atomic E-state index is -0.200. The second-order valence-electron chi connectivity index (χ2n) is 5.21. The Kier molecular flexibility index (Phi) is 4.53. The summed E-state index contributed by atoms with van der Waals surface area (Å²) in [7, 11) is 1.93. The van der Waals surface area contributed by atoms with Gasteiger partial charge in [0.05, 0.1) is 5.56 Å². The lowest BCUT2D eigenvalue weighted by molar-refractivity contribution is 0.101. The number of nitrogens with zero attached hydrogens (tertiary/aromatic N) is 1. The molecule has 0 fully saturated rings. The Bertz CT molecular complexity index is 682. The Balaban J connectivity index is 2.33. The van der Waals surface area contributed by atoms with Crippen LogP contribution in [0, 0.1) is 6.92 Å². The smallest absolute Gasteiger partial charge is 0.163 e. The first-order valence-electron chi connectivity index (χ1n) is 6.68. The van der Waals surface area contributed by atoms with Crippen molar-refractivity contribution in [2.75, 3.05) is 11.9 Å². The van der Waals surface area contributed by atoms with Gasteiger partial charge >= 0.3 is 0 Å². The van der Waals surface area contributed by atoms with Crippen LogP contribution >= 0.6 is 11.6 Å². The summed E-state index contributed by atoms with van der Waals surface area (Å²) < 4.78 is 0. The Morgan fingerprint density at radius 2 is 2.00 bits per heavy atom. The van der Waals surface area contributed by atoms with Crippen LogP contribution in [0.15, 0.2) is 36.4 Å². The molecule has 0 bridgehead atoms. The molecule has 2 aromatic carbocycles. The van der Waals surface area contributed by atoms with Gasteiger partial charge in [-0.05, 0) is 43.7 Å². The number of phenols is 1. The Morgan fingerprint density at radius 1 is 1.29 bits per heavy atom. The molecule has 0 saturated heterocycles. The van der Waals surface area contributed by atoms with Gasteiger partial charge in [0.1, 0.15) is 5.75 Å². The van der Waals surface area contributed by atoms with Crippen LogP contribution in [0.5, 0.6) is 5.75 Å². The molecule has 0 aliphatic heterocycles. The van der Waals surface area contributed by atoms with Gasteiger partial charge in [0.15, 0.2) is 5.78 Å². The number of phenolic OH excluding ortho intramolecular Hbond substituents is 1. The highest BCUT2D eigenvalue weighted by molar-refractivity contribution is 6.31. The lowest BCUT2D eigenvalue weighted by atomic mass is 10.1. The summed E-state index contributed by atoms with van der Waals surface area (Å²) in [4.78, 5) is 13.5. The van der Waals surface area contributed by atoms with Gasteiger partial charge in [-0.25, -0.2) is 0 Å². The van der Waals surface area contributed by atoms with E-state index in [1.807, 2.05) is 37.1 Å². The van der Waals surface area contributed by atoms with E-state index < -0.39 is 0 Å². The first-order valence-corrected chi connectivity index (χ1v) is 7.06. The number of anilines is 1. The third kappa shape index (κ3) is 3.56. The fourth-order valence-corrected chi connectivity index (χ4v) is 2.50. The maximum absolute atomic E-state index is 11.5. The summed E-state index contributed by atoms with van der Waals surface area (Å²) in [5.41, 5.74) is 3.10. The molecule has 0 saturated carbocycles. The van der Waals surface area contributed by atoms with E-state index in [2.05, 4.69) is 6.07 Å². The molecule has 1 N–H and O–H groups in total. The molecule has 0 spiro atoms. The highest BCUT2D eigenvalue weighted by Crippen LogP contribution is 2.29. The average Bonchev–Trinajstić information content (AvgIpc) is 2.42. The van der Waals surface area contributed by atoms with Crippen molar-refractivity contribution in [1.29, 1.82) is 0 Å². The summed E-state index contributed by atoms with van der Waals surface area (Å²) in [5, 5.41) is 10.7. The third-order valence-corrected chi connectivity index (χ3v) is 3.60. The maximum Gasteiger partial charge on any atom is 0.163 e. The fourth-order valence-electron chi connectivity index (χ4n) is 2.26. The van der Waals surface area contributed by atoms with E-state index in [0.29, 0.717) is 17.1 Å². The predicted molar refractivity (Wildman–Crippen MR) is 86.4 cm³/mol. The molecular formula is C17H18ClNO2. The number of benzene rings is 2. The molecule has 0 amide bonds. The van der Waals surface area contributed by atoms with Crippen LogP contribution < -0.4 is 4.90 Å². The number of carbonyl (C=O) groups is 1. The summed E-state index contributed by atoms with van der Waals surface area (Å²) in [6.45, 7) is 3.91. The normalized spacial score (nSPS) is 10.5. The van der Waals surface area contributed by atoms with E-state index in [1.54, 1.807) is 6.07 Å². The second-order valence-corrected chi connectivity index (χ2v) is 5.65. The standard InChI is InChI=1S/C17H18ClNO2/c1-11-5-4-6-15(7-11)19(3)10-13-8-14(18)9-16(12(2)20)17(13)21/h4-9,21H,10H2,1-3H3. The van der Waals surface area contributed by atoms with Crippen molar-refractivity contribution in [3.63, 3.8) is 0 Å². The Labute approximate surface area is 129 Å². The summed E-state index contributed by atoms with van der Waals surface area (Å²) >= 11 is 6.04. The number of carbonyl (C=O) groups excluding carboxylic acids is 1. The van der Waals surface area contributed by atoms with E-state index >= 15 is 0 Å². The number of Topliss-reactive ketones (excluding diaryl/α,β-unsaturated/α-hetero) is 1. The van der Waals surface area contributed by atoms with Gasteiger partial charge in [-0.2, -0.15) is 0 Å². The van der Waals surface area contributed by atoms with Crippen molar-refractivity contribution >= 4 is 23.1 Å². The number of aromatic hydroxyl groups is 1. The Morgan fingerprint density at radius 3 is 2.62 bits per heavy atom. The molecule has 0 unspecified atom stereocenters. The van der Waals surface area contributed by atoms with E-state index in [0.717, 1.165) is 5.69 Å². The number of ketones is 1.